The molecule has 0 amide bonds. The normalized spacial score (nSPS) is 27.1. The van der Waals surface area contributed by atoms with Gasteiger partial charge in [-0.25, -0.2) is 0 Å². The number of nitrogens with zero attached hydrogens (tertiary/aromatic N) is 1. The van der Waals surface area contributed by atoms with E-state index in [0.29, 0.717) is 24.6 Å². The summed E-state index contributed by atoms with van der Waals surface area (Å²) in [6.07, 6.45) is 0.672. The first-order chi connectivity index (χ1) is 11.9. The molecule has 4 nitrogen and oxygen atoms in total. The Bertz CT molecular complexity index is 603. The molecule has 1 saturated heterocycles. The van der Waals surface area contributed by atoms with Crippen molar-refractivity contribution in [2.24, 2.45) is 5.92 Å². The van der Waals surface area contributed by atoms with E-state index in [1.54, 1.807) is 0 Å². The van der Waals surface area contributed by atoms with Gasteiger partial charge in [-0.1, -0.05) is 12.8 Å². The first-order valence-electron chi connectivity index (χ1n) is 8.65. The summed E-state index contributed by atoms with van der Waals surface area (Å²) >= 11 is 0. The van der Waals surface area contributed by atoms with Crippen LogP contribution in [0, 0.1) is 5.92 Å². The molecule has 0 aromatic heterocycles. The highest BCUT2D eigenvalue weighted by atomic mass is 19.4. The number of fused-ring (bicyclic) bond motifs is 1. The number of ether oxygens (including phenoxy) is 1. The SMILES string of the molecule is O=C(O)C1CC2CCCCC2N1CCOc1ccc(C(F)(F)F)cc1. The molecule has 0 bridgehead atoms. The molecule has 0 spiro atoms. The van der Waals surface area contributed by atoms with Crippen LogP contribution in [0.15, 0.2) is 24.3 Å². The van der Waals surface area contributed by atoms with Gasteiger partial charge in [0.2, 0.25) is 0 Å². The lowest BCUT2D eigenvalue weighted by Crippen LogP contribution is -2.44. The summed E-state index contributed by atoms with van der Waals surface area (Å²) < 4.78 is 43.2. The molecule has 1 aromatic rings. The third kappa shape index (κ3) is 4.08. The second kappa shape index (κ2) is 7.23. The van der Waals surface area contributed by atoms with Gasteiger partial charge in [0.05, 0.1) is 5.56 Å². The number of alkyl halides is 3. The summed E-state index contributed by atoms with van der Waals surface area (Å²) in [5, 5.41) is 9.46. The Balaban J connectivity index is 1.57. The fourth-order valence-electron chi connectivity index (χ4n) is 4.13. The predicted octanol–water partition coefficient (Wildman–Crippen LogP) is 3.80. The summed E-state index contributed by atoms with van der Waals surface area (Å²) in [5.41, 5.74) is -0.713. The van der Waals surface area contributed by atoms with Crippen molar-refractivity contribution in [3.63, 3.8) is 0 Å². The van der Waals surface area contributed by atoms with E-state index in [1.165, 1.54) is 12.1 Å². The fourth-order valence-corrected chi connectivity index (χ4v) is 4.13. The van der Waals surface area contributed by atoms with Crippen LogP contribution in [-0.2, 0) is 11.0 Å². The molecule has 138 valence electrons. The van der Waals surface area contributed by atoms with Crippen LogP contribution in [-0.4, -0.2) is 41.2 Å². The van der Waals surface area contributed by atoms with Crippen LogP contribution >= 0.6 is 0 Å². The summed E-state index contributed by atoms with van der Waals surface area (Å²) in [5.74, 6) is -0.0101. The molecular weight excluding hydrogens is 335 g/mol. The molecule has 2 aliphatic rings. The largest absolute Gasteiger partial charge is 0.492 e. The topological polar surface area (TPSA) is 49.8 Å². The van der Waals surface area contributed by atoms with Crippen molar-refractivity contribution in [2.75, 3.05) is 13.2 Å². The van der Waals surface area contributed by atoms with Crippen LogP contribution in [0.1, 0.15) is 37.7 Å². The predicted molar refractivity (Wildman–Crippen MR) is 85.4 cm³/mol. The fraction of sp³-hybridized carbons (Fsp3) is 0.611. The van der Waals surface area contributed by atoms with Crippen molar-refractivity contribution in [3.05, 3.63) is 29.8 Å². The van der Waals surface area contributed by atoms with E-state index in [2.05, 4.69) is 0 Å². The molecule has 3 atom stereocenters. The minimum atomic E-state index is -4.36. The average Bonchev–Trinajstić information content (AvgIpc) is 2.94. The smallest absolute Gasteiger partial charge is 0.416 e. The number of carboxylic acids is 1. The third-order valence-corrected chi connectivity index (χ3v) is 5.31. The third-order valence-electron chi connectivity index (χ3n) is 5.31. The molecular formula is C18H22F3NO3. The molecule has 25 heavy (non-hydrogen) atoms. The van der Waals surface area contributed by atoms with Crippen LogP contribution in [0.25, 0.3) is 0 Å². The summed E-state index contributed by atoms with van der Waals surface area (Å²) in [4.78, 5) is 13.5. The first-order valence-corrected chi connectivity index (χ1v) is 8.65. The van der Waals surface area contributed by atoms with Gasteiger partial charge in [0.15, 0.2) is 0 Å². The Hall–Kier alpha value is -1.76. The van der Waals surface area contributed by atoms with Gasteiger partial charge in [-0.2, -0.15) is 13.2 Å². The van der Waals surface area contributed by atoms with Crippen LogP contribution in [0.4, 0.5) is 13.2 Å². The lowest BCUT2D eigenvalue weighted by molar-refractivity contribution is -0.142. The van der Waals surface area contributed by atoms with Gasteiger partial charge in [-0.3, -0.25) is 9.69 Å². The highest BCUT2D eigenvalue weighted by Gasteiger charge is 2.44. The van der Waals surface area contributed by atoms with Crippen molar-refractivity contribution < 1.29 is 27.8 Å². The number of hydrogen-bond donors (Lipinski definition) is 1. The number of likely N-dealkylation sites (tertiary alicyclic amines) is 1. The van der Waals surface area contributed by atoms with Gasteiger partial charge in [0.25, 0.3) is 0 Å². The van der Waals surface area contributed by atoms with Gasteiger partial charge in [0.1, 0.15) is 18.4 Å². The maximum absolute atomic E-state index is 12.5. The van der Waals surface area contributed by atoms with Gasteiger partial charge in [-0.05, 0) is 49.4 Å². The zero-order valence-corrected chi connectivity index (χ0v) is 13.8. The average molecular weight is 357 g/mol. The minimum absolute atomic E-state index is 0.262. The highest BCUT2D eigenvalue weighted by molar-refractivity contribution is 5.74. The van der Waals surface area contributed by atoms with E-state index in [0.717, 1.165) is 37.8 Å². The second-order valence-corrected chi connectivity index (χ2v) is 6.81. The molecule has 1 aliphatic carbocycles. The maximum atomic E-state index is 12.5. The molecule has 1 heterocycles. The molecule has 2 fully saturated rings. The number of aliphatic carboxylic acids is 1. The first kappa shape index (κ1) is 18.0. The van der Waals surface area contributed by atoms with E-state index >= 15 is 0 Å². The molecule has 1 saturated carbocycles. The number of halogens is 3. The van der Waals surface area contributed by atoms with Gasteiger partial charge < -0.3 is 9.84 Å². The van der Waals surface area contributed by atoms with Crippen molar-refractivity contribution in [1.82, 2.24) is 4.90 Å². The van der Waals surface area contributed by atoms with E-state index in [4.69, 9.17) is 4.74 Å². The van der Waals surface area contributed by atoms with E-state index in [-0.39, 0.29) is 12.6 Å². The monoisotopic (exact) mass is 357 g/mol. The number of carbonyl (C=O) groups is 1. The Labute approximate surface area is 144 Å². The van der Waals surface area contributed by atoms with Gasteiger partial charge >= 0.3 is 12.1 Å². The van der Waals surface area contributed by atoms with Crippen LogP contribution in [0.3, 0.4) is 0 Å². The summed E-state index contributed by atoms with van der Waals surface area (Å²) in [6.45, 7) is 0.734. The van der Waals surface area contributed by atoms with Crippen molar-refractivity contribution in [1.29, 1.82) is 0 Å². The molecule has 1 N–H and O–H groups in total. The molecule has 1 aliphatic heterocycles. The zero-order valence-electron chi connectivity index (χ0n) is 13.8. The van der Waals surface area contributed by atoms with Gasteiger partial charge in [-0.15, -0.1) is 0 Å². The Morgan fingerprint density at radius 3 is 2.52 bits per heavy atom. The van der Waals surface area contributed by atoms with E-state index < -0.39 is 23.8 Å². The van der Waals surface area contributed by atoms with E-state index in [9.17, 15) is 23.1 Å². The van der Waals surface area contributed by atoms with E-state index in [1.807, 2.05) is 4.90 Å². The zero-order chi connectivity index (χ0) is 18.0. The standard InChI is InChI=1S/C18H22F3NO3/c19-18(20,21)13-5-7-14(8-6-13)25-10-9-22-15-4-2-1-3-12(15)11-16(22)17(23)24/h5-8,12,15-16H,1-4,9-11H2,(H,23,24). The second-order valence-electron chi connectivity index (χ2n) is 6.81. The maximum Gasteiger partial charge on any atom is 0.416 e. The summed E-state index contributed by atoms with van der Waals surface area (Å²) in [7, 11) is 0. The lowest BCUT2D eigenvalue weighted by Gasteiger charge is -2.32. The number of rotatable bonds is 5. The van der Waals surface area contributed by atoms with Crippen molar-refractivity contribution >= 4 is 5.97 Å². The molecule has 0 radical (unpaired) electrons. The molecule has 3 unspecified atom stereocenters. The minimum Gasteiger partial charge on any atom is -0.492 e. The quantitative estimate of drug-likeness (QED) is 0.871. The number of carboxylic acid groups (broad SMARTS) is 1. The highest BCUT2D eigenvalue weighted by Crippen LogP contribution is 2.39. The molecule has 3 rings (SSSR count). The van der Waals surface area contributed by atoms with Crippen molar-refractivity contribution in [3.8, 4) is 5.75 Å². The summed E-state index contributed by atoms with van der Waals surface area (Å²) in [6, 6.07) is 4.37. The van der Waals surface area contributed by atoms with Crippen LogP contribution in [0.2, 0.25) is 0 Å². The Morgan fingerprint density at radius 2 is 1.88 bits per heavy atom. The van der Waals surface area contributed by atoms with Crippen LogP contribution < -0.4 is 4.74 Å². The lowest BCUT2D eigenvalue weighted by atomic mass is 9.85. The van der Waals surface area contributed by atoms with Crippen LogP contribution in [0.5, 0.6) is 5.75 Å². The number of hydrogen-bond acceptors (Lipinski definition) is 3. The molecule has 7 heteroatoms. The Kier molecular flexibility index (Phi) is 5.22. The number of benzene rings is 1. The van der Waals surface area contributed by atoms with Gasteiger partial charge in [0, 0.05) is 12.6 Å². The molecule has 1 aromatic carbocycles. The van der Waals surface area contributed by atoms with Crippen molar-refractivity contribution in [2.45, 2.75) is 50.4 Å². The Morgan fingerprint density at radius 1 is 1.20 bits per heavy atom.